The molecule has 8 heteroatoms. The SMILES string of the molecule is CCCN(c1ccc(C(=O)OC)cc1)S(=O)(=O)c1cccc(C(=O)O)c1. The Kier molecular flexibility index (Phi) is 5.99. The van der Waals surface area contributed by atoms with E-state index in [0.29, 0.717) is 17.7 Å². The van der Waals surface area contributed by atoms with Crippen molar-refractivity contribution >= 4 is 27.6 Å². The van der Waals surface area contributed by atoms with Gasteiger partial charge in [0.05, 0.1) is 28.8 Å². The summed E-state index contributed by atoms with van der Waals surface area (Å²) in [5, 5.41) is 9.09. The number of ether oxygens (including phenoxy) is 1. The molecule has 0 unspecified atom stereocenters. The van der Waals surface area contributed by atoms with E-state index in [4.69, 9.17) is 5.11 Å². The van der Waals surface area contributed by atoms with Crippen LogP contribution in [0.15, 0.2) is 53.4 Å². The number of aromatic carboxylic acids is 1. The highest BCUT2D eigenvalue weighted by Gasteiger charge is 2.25. The van der Waals surface area contributed by atoms with Gasteiger partial charge in [-0.25, -0.2) is 18.0 Å². The fraction of sp³-hybridized carbons (Fsp3) is 0.222. The Morgan fingerprint density at radius 2 is 1.73 bits per heavy atom. The Morgan fingerprint density at radius 1 is 1.08 bits per heavy atom. The van der Waals surface area contributed by atoms with Gasteiger partial charge in [-0.05, 0) is 48.9 Å². The molecule has 0 aliphatic rings. The van der Waals surface area contributed by atoms with Crippen LogP contribution in [-0.4, -0.2) is 39.1 Å². The lowest BCUT2D eigenvalue weighted by Gasteiger charge is -2.24. The molecule has 0 aliphatic carbocycles. The Balaban J connectivity index is 2.46. The largest absolute Gasteiger partial charge is 0.478 e. The van der Waals surface area contributed by atoms with E-state index in [0.717, 1.165) is 6.07 Å². The maximum atomic E-state index is 13.0. The predicted molar refractivity (Wildman–Crippen MR) is 96.0 cm³/mol. The third kappa shape index (κ3) is 4.02. The number of sulfonamides is 1. The molecule has 26 heavy (non-hydrogen) atoms. The highest BCUT2D eigenvalue weighted by molar-refractivity contribution is 7.92. The van der Waals surface area contributed by atoms with Gasteiger partial charge in [-0.3, -0.25) is 4.31 Å². The lowest BCUT2D eigenvalue weighted by atomic mass is 10.2. The molecule has 7 nitrogen and oxygen atoms in total. The molecule has 0 fully saturated rings. The molecule has 0 saturated carbocycles. The van der Waals surface area contributed by atoms with Crippen molar-refractivity contribution in [1.82, 2.24) is 0 Å². The van der Waals surface area contributed by atoms with E-state index >= 15 is 0 Å². The monoisotopic (exact) mass is 377 g/mol. The number of hydrogen-bond acceptors (Lipinski definition) is 5. The van der Waals surface area contributed by atoms with E-state index in [1.165, 1.54) is 53.9 Å². The molecule has 2 rings (SSSR count). The van der Waals surface area contributed by atoms with Crippen molar-refractivity contribution in [3.8, 4) is 0 Å². The summed E-state index contributed by atoms with van der Waals surface area (Å²) in [6.07, 6.45) is 0.552. The summed E-state index contributed by atoms with van der Waals surface area (Å²) >= 11 is 0. The maximum Gasteiger partial charge on any atom is 0.337 e. The first-order valence-corrected chi connectivity index (χ1v) is 9.29. The Morgan fingerprint density at radius 3 is 2.27 bits per heavy atom. The normalized spacial score (nSPS) is 11.0. The highest BCUT2D eigenvalue weighted by Crippen LogP contribution is 2.25. The van der Waals surface area contributed by atoms with Gasteiger partial charge in [-0.2, -0.15) is 0 Å². The average Bonchev–Trinajstić information content (AvgIpc) is 2.65. The minimum atomic E-state index is -3.96. The van der Waals surface area contributed by atoms with Crippen molar-refractivity contribution in [3.63, 3.8) is 0 Å². The Hall–Kier alpha value is -2.87. The van der Waals surface area contributed by atoms with E-state index in [-0.39, 0.29) is 17.0 Å². The van der Waals surface area contributed by atoms with Crippen molar-refractivity contribution in [2.45, 2.75) is 18.2 Å². The van der Waals surface area contributed by atoms with Gasteiger partial charge in [0.25, 0.3) is 10.0 Å². The van der Waals surface area contributed by atoms with Crippen molar-refractivity contribution < 1.29 is 27.9 Å². The molecule has 0 heterocycles. The molecular weight excluding hydrogens is 358 g/mol. The fourth-order valence-corrected chi connectivity index (χ4v) is 3.99. The second-order valence-electron chi connectivity index (χ2n) is 5.45. The zero-order chi connectivity index (χ0) is 19.3. The summed E-state index contributed by atoms with van der Waals surface area (Å²) in [7, 11) is -2.69. The van der Waals surface area contributed by atoms with Crippen molar-refractivity contribution in [2.75, 3.05) is 18.0 Å². The number of rotatable bonds is 7. The molecule has 2 aromatic rings. The zero-order valence-electron chi connectivity index (χ0n) is 14.4. The van der Waals surface area contributed by atoms with Gasteiger partial charge in [0.2, 0.25) is 0 Å². The second kappa shape index (κ2) is 8.01. The predicted octanol–water partition coefficient (Wildman–Crippen LogP) is 2.78. The minimum absolute atomic E-state index is 0.108. The number of esters is 1. The van der Waals surface area contributed by atoms with Gasteiger partial charge < -0.3 is 9.84 Å². The fourth-order valence-electron chi connectivity index (χ4n) is 2.39. The molecule has 0 bridgehead atoms. The van der Waals surface area contributed by atoms with Crippen LogP contribution in [-0.2, 0) is 14.8 Å². The van der Waals surface area contributed by atoms with E-state index < -0.39 is 22.0 Å². The number of anilines is 1. The van der Waals surface area contributed by atoms with Crippen LogP contribution in [0.1, 0.15) is 34.1 Å². The zero-order valence-corrected chi connectivity index (χ0v) is 15.2. The van der Waals surface area contributed by atoms with Gasteiger partial charge in [-0.1, -0.05) is 13.0 Å². The average molecular weight is 377 g/mol. The number of benzene rings is 2. The van der Waals surface area contributed by atoms with Crippen LogP contribution in [0.5, 0.6) is 0 Å². The first-order valence-electron chi connectivity index (χ1n) is 7.85. The van der Waals surface area contributed by atoms with Gasteiger partial charge in [0, 0.05) is 6.54 Å². The lowest BCUT2D eigenvalue weighted by molar-refractivity contribution is 0.0600. The molecule has 0 atom stereocenters. The van der Waals surface area contributed by atoms with Gasteiger partial charge in [0.1, 0.15) is 0 Å². The van der Waals surface area contributed by atoms with Crippen molar-refractivity contribution in [1.29, 1.82) is 0 Å². The van der Waals surface area contributed by atoms with E-state index in [1.54, 1.807) is 0 Å². The molecular formula is C18H19NO6S. The summed E-state index contributed by atoms with van der Waals surface area (Å²) in [6, 6.07) is 11.2. The summed E-state index contributed by atoms with van der Waals surface area (Å²) in [5.74, 6) is -1.72. The first-order chi connectivity index (χ1) is 12.3. The van der Waals surface area contributed by atoms with Crippen LogP contribution in [0, 0.1) is 0 Å². The van der Waals surface area contributed by atoms with Gasteiger partial charge in [-0.15, -0.1) is 0 Å². The molecule has 138 valence electrons. The van der Waals surface area contributed by atoms with Crippen LogP contribution in [0.3, 0.4) is 0 Å². The summed E-state index contributed by atoms with van der Waals surface area (Å²) < 4.78 is 31.8. The third-order valence-corrected chi connectivity index (χ3v) is 5.50. The number of carbonyl (C=O) groups is 2. The number of carboxylic acids is 1. The lowest BCUT2D eigenvalue weighted by Crippen LogP contribution is -2.32. The molecule has 0 amide bonds. The number of carboxylic acid groups (broad SMARTS) is 1. The third-order valence-electron chi connectivity index (χ3n) is 3.67. The van der Waals surface area contributed by atoms with Gasteiger partial charge in [0.15, 0.2) is 0 Å². The van der Waals surface area contributed by atoms with E-state index in [1.807, 2.05) is 6.92 Å². The molecule has 0 aliphatic heterocycles. The van der Waals surface area contributed by atoms with E-state index in [2.05, 4.69) is 4.74 Å². The van der Waals surface area contributed by atoms with Crippen LogP contribution < -0.4 is 4.31 Å². The Labute approximate surface area is 151 Å². The first kappa shape index (κ1) is 19.5. The molecule has 0 radical (unpaired) electrons. The van der Waals surface area contributed by atoms with E-state index in [9.17, 15) is 18.0 Å². The number of nitrogens with zero attached hydrogens (tertiary/aromatic N) is 1. The van der Waals surface area contributed by atoms with Crippen LogP contribution in [0.2, 0.25) is 0 Å². The highest BCUT2D eigenvalue weighted by atomic mass is 32.2. The molecule has 0 aromatic heterocycles. The Bertz CT molecular complexity index is 906. The summed E-state index contributed by atoms with van der Waals surface area (Å²) in [4.78, 5) is 22.5. The number of methoxy groups -OCH3 is 1. The maximum absolute atomic E-state index is 13.0. The van der Waals surface area contributed by atoms with Crippen molar-refractivity contribution in [2.24, 2.45) is 0 Å². The van der Waals surface area contributed by atoms with Crippen LogP contribution in [0.4, 0.5) is 5.69 Å². The second-order valence-corrected chi connectivity index (χ2v) is 7.31. The number of hydrogen-bond donors (Lipinski definition) is 1. The van der Waals surface area contributed by atoms with Crippen LogP contribution in [0.25, 0.3) is 0 Å². The van der Waals surface area contributed by atoms with Gasteiger partial charge >= 0.3 is 11.9 Å². The summed E-state index contributed by atoms with van der Waals surface area (Å²) in [6.45, 7) is 2.04. The molecule has 1 N–H and O–H groups in total. The minimum Gasteiger partial charge on any atom is -0.478 e. The molecule has 0 saturated heterocycles. The number of carbonyl (C=O) groups excluding carboxylic acids is 1. The topological polar surface area (TPSA) is 101 Å². The summed E-state index contributed by atoms with van der Waals surface area (Å²) in [5.41, 5.74) is 0.571. The molecule has 2 aromatic carbocycles. The van der Waals surface area contributed by atoms with Crippen molar-refractivity contribution in [3.05, 3.63) is 59.7 Å². The smallest absolute Gasteiger partial charge is 0.337 e. The molecule has 0 spiro atoms. The van der Waals surface area contributed by atoms with Crippen LogP contribution >= 0.6 is 0 Å². The quantitative estimate of drug-likeness (QED) is 0.745. The standard InChI is InChI=1S/C18H19NO6S/c1-3-11-19(15-9-7-13(8-10-15)18(22)25-2)26(23,24)16-6-4-5-14(12-16)17(20)21/h4-10,12H,3,11H2,1-2H3,(H,20,21).